The molecule has 2 aromatic heterocycles. The summed E-state index contributed by atoms with van der Waals surface area (Å²) in [7, 11) is 3.10. The fourth-order valence-electron chi connectivity index (χ4n) is 2.85. The summed E-state index contributed by atoms with van der Waals surface area (Å²) in [6.45, 7) is 4.03. The van der Waals surface area contributed by atoms with Crippen LogP contribution in [0.4, 0.5) is 5.69 Å². The van der Waals surface area contributed by atoms with E-state index in [1.54, 1.807) is 38.5 Å². The van der Waals surface area contributed by atoms with Crippen molar-refractivity contribution in [3.05, 3.63) is 54.9 Å². The van der Waals surface area contributed by atoms with Gasteiger partial charge in [0.1, 0.15) is 11.3 Å². The van der Waals surface area contributed by atoms with Gasteiger partial charge < -0.3 is 29.8 Å². The second kappa shape index (κ2) is 10.3. The van der Waals surface area contributed by atoms with E-state index in [1.807, 2.05) is 0 Å². The monoisotopic (exact) mass is 425 g/mol. The predicted octanol–water partition coefficient (Wildman–Crippen LogP) is 2.27. The third kappa shape index (κ3) is 5.65. The molecule has 0 radical (unpaired) electrons. The lowest BCUT2D eigenvalue weighted by Gasteiger charge is -2.16. The number of rotatable bonds is 10. The number of carbonyl (C=O) groups is 2. The number of hydrogen-bond acceptors (Lipinski definition) is 7. The Morgan fingerprint density at radius 2 is 2.03 bits per heavy atom. The van der Waals surface area contributed by atoms with Crippen molar-refractivity contribution in [2.45, 2.75) is 6.04 Å². The zero-order valence-electron chi connectivity index (χ0n) is 17.2. The highest BCUT2D eigenvalue weighted by molar-refractivity contribution is 6.04. The molecule has 0 unspecified atom stereocenters. The van der Waals surface area contributed by atoms with E-state index in [4.69, 9.17) is 14.2 Å². The normalized spacial score (nSPS) is 10.8. The minimum Gasteiger partial charge on any atom is -0.437 e. The minimum absolute atomic E-state index is 0.193. The molecule has 10 nitrogen and oxygen atoms in total. The molecule has 162 valence electrons. The van der Waals surface area contributed by atoms with E-state index in [0.29, 0.717) is 41.4 Å². The maximum Gasteiger partial charge on any atom is 0.255 e. The van der Waals surface area contributed by atoms with Crippen molar-refractivity contribution in [3.63, 3.8) is 0 Å². The van der Waals surface area contributed by atoms with E-state index in [0.717, 1.165) is 0 Å². The van der Waals surface area contributed by atoms with Gasteiger partial charge >= 0.3 is 0 Å². The maximum atomic E-state index is 12.7. The van der Waals surface area contributed by atoms with Gasteiger partial charge in [0.25, 0.3) is 5.91 Å². The predicted molar refractivity (Wildman–Crippen MR) is 114 cm³/mol. The summed E-state index contributed by atoms with van der Waals surface area (Å²) >= 11 is 0. The standard InChI is InChI=1S/C21H23N5O5/c1-4-17(27)24-13-6-5-7-15(8-13)31-18-10-23-20-19(26-18)16(9-22-20)21(28)25-14(11-29-2)12-30-3/h4-10,14H,1,11-12H2,2-3H3,(H,22,23)(H,24,27)(H,25,28). The van der Waals surface area contributed by atoms with Gasteiger partial charge in [-0.05, 0) is 18.2 Å². The van der Waals surface area contributed by atoms with Crippen LogP contribution in [0.3, 0.4) is 0 Å². The first-order valence-electron chi connectivity index (χ1n) is 9.38. The third-order valence-corrected chi connectivity index (χ3v) is 4.18. The number of H-pyrrole nitrogens is 1. The van der Waals surface area contributed by atoms with E-state index in [-0.39, 0.29) is 23.7 Å². The van der Waals surface area contributed by atoms with Gasteiger partial charge in [0.2, 0.25) is 11.8 Å². The highest BCUT2D eigenvalue weighted by Gasteiger charge is 2.19. The SMILES string of the molecule is C=CC(=O)Nc1cccc(Oc2cnc3[nH]cc(C(=O)NC(COC)COC)c3n2)c1. The summed E-state index contributed by atoms with van der Waals surface area (Å²) in [5, 5.41) is 5.50. The fourth-order valence-corrected chi connectivity index (χ4v) is 2.85. The average molecular weight is 425 g/mol. The van der Waals surface area contributed by atoms with Crippen LogP contribution < -0.4 is 15.4 Å². The summed E-state index contributed by atoms with van der Waals surface area (Å²) < 4.78 is 16.0. The Morgan fingerprint density at radius 3 is 2.74 bits per heavy atom. The van der Waals surface area contributed by atoms with Crippen LogP contribution >= 0.6 is 0 Å². The van der Waals surface area contributed by atoms with Crippen molar-refractivity contribution in [2.24, 2.45) is 0 Å². The second-order valence-corrected chi connectivity index (χ2v) is 6.51. The summed E-state index contributed by atoms with van der Waals surface area (Å²) in [4.78, 5) is 35.8. The second-order valence-electron chi connectivity index (χ2n) is 6.51. The Balaban J connectivity index is 1.80. The number of aromatic amines is 1. The first-order valence-corrected chi connectivity index (χ1v) is 9.38. The van der Waals surface area contributed by atoms with Gasteiger partial charge in [-0.3, -0.25) is 9.59 Å². The molecule has 2 heterocycles. The van der Waals surface area contributed by atoms with Gasteiger partial charge in [0.15, 0.2) is 5.65 Å². The fraction of sp³-hybridized carbons (Fsp3) is 0.238. The smallest absolute Gasteiger partial charge is 0.255 e. The molecule has 0 bridgehead atoms. The zero-order chi connectivity index (χ0) is 22.2. The van der Waals surface area contributed by atoms with Gasteiger partial charge in [0.05, 0.1) is 31.0 Å². The highest BCUT2D eigenvalue weighted by atomic mass is 16.5. The Hall–Kier alpha value is -3.76. The number of carbonyl (C=O) groups excluding carboxylic acids is 2. The first-order chi connectivity index (χ1) is 15.0. The maximum absolute atomic E-state index is 12.7. The first kappa shape index (κ1) is 21.9. The Bertz CT molecular complexity index is 1070. The molecular weight excluding hydrogens is 402 g/mol. The zero-order valence-corrected chi connectivity index (χ0v) is 17.2. The number of anilines is 1. The lowest BCUT2D eigenvalue weighted by molar-refractivity contribution is -0.111. The van der Waals surface area contributed by atoms with Crippen LogP contribution in [0.5, 0.6) is 11.6 Å². The molecule has 0 saturated heterocycles. The molecular formula is C21H23N5O5. The number of benzene rings is 1. The Labute approximate surface area is 178 Å². The number of ether oxygens (including phenoxy) is 3. The highest BCUT2D eigenvalue weighted by Crippen LogP contribution is 2.24. The van der Waals surface area contributed by atoms with Crippen LogP contribution in [0.2, 0.25) is 0 Å². The van der Waals surface area contributed by atoms with Crippen molar-refractivity contribution in [1.29, 1.82) is 0 Å². The molecule has 1 aromatic carbocycles. The third-order valence-electron chi connectivity index (χ3n) is 4.18. The lowest BCUT2D eigenvalue weighted by atomic mass is 10.2. The van der Waals surface area contributed by atoms with E-state index in [1.165, 1.54) is 18.5 Å². The van der Waals surface area contributed by atoms with Crippen LogP contribution in [0, 0.1) is 0 Å². The molecule has 0 atom stereocenters. The topological polar surface area (TPSA) is 127 Å². The number of nitrogens with zero attached hydrogens (tertiary/aromatic N) is 2. The van der Waals surface area contributed by atoms with Gasteiger partial charge in [-0.25, -0.2) is 9.97 Å². The number of methoxy groups -OCH3 is 2. The molecule has 3 rings (SSSR count). The lowest BCUT2D eigenvalue weighted by Crippen LogP contribution is -2.41. The summed E-state index contributed by atoms with van der Waals surface area (Å²) in [6, 6.07) is 6.47. The number of fused-ring (bicyclic) bond motifs is 1. The van der Waals surface area contributed by atoms with Gasteiger partial charge in [0, 0.05) is 32.2 Å². The quantitative estimate of drug-likeness (QED) is 0.425. The Kier molecular flexibility index (Phi) is 7.31. The van der Waals surface area contributed by atoms with Crippen molar-refractivity contribution < 1.29 is 23.8 Å². The molecule has 3 aromatic rings. The number of nitrogens with one attached hydrogen (secondary N) is 3. The van der Waals surface area contributed by atoms with Crippen molar-refractivity contribution in [3.8, 4) is 11.6 Å². The Morgan fingerprint density at radius 1 is 1.26 bits per heavy atom. The van der Waals surface area contributed by atoms with Gasteiger partial charge in [-0.1, -0.05) is 12.6 Å². The van der Waals surface area contributed by atoms with E-state index >= 15 is 0 Å². The summed E-state index contributed by atoms with van der Waals surface area (Å²) in [5.41, 5.74) is 1.66. The molecule has 0 aliphatic rings. The summed E-state index contributed by atoms with van der Waals surface area (Å²) in [6.07, 6.45) is 4.15. The molecule has 0 spiro atoms. The van der Waals surface area contributed by atoms with Crippen LogP contribution in [0.25, 0.3) is 11.2 Å². The van der Waals surface area contributed by atoms with E-state index in [2.05, 4.69) is 32.2 Å². The van der Waals surface area contributed by atoms with E-state index in [9.17, 15) is 9.59 Å². The van der Waals surface area contributed by atoms with Crippen LogP contribution in [-0.2, 0) is 14.3 Å². The molecule has 31 heavy (non-hydrogen) atoms. The number of hydrogen-bond donors (Lipinski definition) is 3. The van der Waals surface area contributed by atoms with Crippen LogP contribution in [0.15, 0.2) is 49.3 Å². The van der Waals surface area contributed by atoms with Crippen molar-refractivity contribution >= 4 is 28.7 Å². The molecule has 0 fully saturated rings. The molecule has 0 aliphatic heterocycles. The van der Waals surface area contributed by atoms with Crippen molar-refractivity contribution in [2.75, 3.05) is 32.8 Å². The van der Waals surface area contributed by atoms with Gasteiger partial charge in [-0.15, -0.1) is 0 Å². The van der Waals surface area contributed by atoms with Crippen molar-refractivity contribution in [1.82, 2.24) is 20.3 Å². The number of aromatic nitrogens is 3. The molecule has 2 amide bonds. The summed E-state index contributed by atoms with van der Waals surface area (Å²) in [5.74, 6) is -0.0384. The minimum atomic E-state index is -0.342. The molecule has 0 aliphatic carbocycles. The molecule has 10 heteroatoms. The van der Waals surface area contributed by atoms with Gasteiger partial charge in [-0.2, -0.15) is 0 Å². The molecule has 3 N–H and O–H groups in total. The van der Waals surface area contributed by atoms with Crippen LogP contribution in [0.1, 0.15) is 10.4 Å². The molecule has 0 saturated carbocycles. The van der Waals surface area contributed by atoms with E-state index < -0.39 is 0 Å². The largest absolute Gasteiger partial charge is 0.437 e. The average Bonchev–Trinajstić information content (AvgIpc) is 3.17. The van der Waals surface area contributed by atoms with Crippen LogP contribution in [-0.4, -0.2) is 60.2 Å². The number of amides is 2.